The molecule has 2 aliphatic heterocycles. The molecular formula is C15H21N3O4S. The summed E-state index contributed by atoms with van der Waals surface area (Å²) in [6, 6.07) is 3.18. The molecule has 3 rings (SSSR count). The lowest BCUT2D eigenvalue weighted by Gasteiger charge is -2.29. The zero-order chi connectivity index (χ0) is 16.8. The van der Waals surface area contributed by atoms with Crippen molar-refractivity contribution in [1.82, 2.24) is 10.0 Å². The zero-order valence-electron chi connectivity index (χ0n) is 13.2. The van der Waals surface area contributed by atoms with E-state index in [4.69, 9.17) is 0 Å². The quantitative estimate of drug-likeness (QED) is 0.643. The van der Waals surface area contributed by atoms with Crippen molar-refractivity contribution in [3.05, 3.63) is 33.4 Å². The van der Waals surface area contributed by atoms with Crippen LogP contribution in [0.4, 0.5) is 5.69 Å². The van der Waals surface area contributed by atoms with Gasteiger partial charge >= 0.3 is 0 Å². The van der Waals surface area contributed by atoms with E-state index in [0.29, 0.717) is 23.2 Å². The number of nitrogens with one attached hydrogen (secondary N) is 2. The summed E-state index contributed by atoms with van der Waals surface area (Å²) in [5.74, 6) is 0. The number of hydrogen-bond donors (Lipinski definition) is 2. The second kappa shape index (κ2) is 5.85. The Bertz CT molecular complexity index is 735. The molecule has 2 N–H and O–H groups in total. The van der Waals surface area contributed by atoms with Gasteiger partial charge in [-0.05, 0) is 50.7 Å². The van der Waals surface area contributed by atoms with Gasteiger partial charge in [0.05, 0.1) is 9.82 Å². The van der Waals surface area contributed by atoms with Crippen molar-refractivity contribution in [2.24, 2.45) is 0 Å². The van der Waals surface area contributed by atoms with E-state index >= 15 is 0 Å². The highest BCUT2D eigenvalue weighted by Crippen LogP contribution is 2.29. The molecule has 2 atom stereocenters. The summed E-state index contributed by atoms with van der Waals surface area (Å²) in [5, 5.41) is 14.5. The van der Waals surface area contributed by atoms with E-state index in [1.807, 2.05) is 0 Å². The summed E-state index contributed by atoms with van der Waals surface area (Å²) in [6.07, 6.45) is 3.70. The van der Waals surface area contributed by atoms with Crippen LogP contribution < -0.4 is 10.0 Å². The van der Waals surface area contributed by atoms with Gasteiger partial charge in [-0.25, -0.2) is 13.1 Å². The first-order valence-electron chi connectivity index (χ1n) is 7.80. The number of benzene rings is 1. The summed E-state index contributed by atoms with van der Waals surface area (Å²) in [5.41, 5.74) is 0.962. The minimum Gasteiger partial charge on any atom is -0.311 e. The Labute approximate surface area is 135 Å². The number of hydrogen-bond acceptors (Lipinski definition) is 5. The topological polar surface area (TPSA) is 101 Å². The smallest absolute Gasteiger partial charge is 0.271 e. The van der Waals surface area contributed by atoms with Crippen LogP contribution in [0.5, 0.6) is 0 Å². The van der Waals surface area contributed by atoms with Crippen LogP contribution >= 0.6 is 0 Å². The van der Waals surface area contributed by atoms with E-state index in [9.17, 15) is 18.5 Å². The number of nitro benzene ring substituents is 1. The number of nitrogens with zero attached hydrogens (tertiary/aromatic N) is 1. The van der Waals surface area contributed by atoms with Crippen molar-refractivity contribution in [1.29, 1.82) is 0 Å². The maximum absolute atomic E-state index is 12.7. The first-order chi connectivity index (χ1) is 10.8. The average molecular weight is 339 g/mol. The highest BCUT2D eigenvalue weighted by molar-refractivity contribution is 7.89. The molecule has 2 aliphatic rings. The predicted molar refractivity (Wildman–Crippen MR) is 85.9 cm³/mol. The molecule has 2 unspecified atom stereocenters. The van der Waals surface area contributed by atoms with Gasteiger partial charge in [0.2, 0.25) is 10.0 Å². The highest BCUT2D eigenvalue weighted by Gasteiger charge is 2.36. The van der Waals surface area contributed by atoms with Crippen molar-refractivity contribution in [2.45, 2.75) is 62.6 Å². The summed E-state index contributed by atoms with van der Waals surface area (Å²) < 4.78 is 28.2. The molecule has 1 aromatic rings. The van der Waals surface area contributed by atoms with E-state index in [1.165, 1.54) is 6.07 Å². The summed E-state index contributed by atoms with van der Waals surface area (Å²) in [4.78, 5) is 10.5. The Hall–Kier alpha value is -1.51. The van der Waals surface area contributed by atoms with Gasteiger partial charge in [0.25, 0.3) is 5.69 Å². The maximum Gasteiger partial charge on any atom is 0.271 e. The number of piperidine rings is 1. The molecule has 126 valence electrons. The lowest BCUT2D eigenvalue weighted by Crippen LogP contribution is -2.48. The van der Waals surface area contributed by atoms with Crippen molar-refractivity contribution >= 4 is 15.7 Å². The van der Waals surface area contributed by atoms with Crippen molar-refractivity contribution in [3.63, 3.8) is 0 Å². The second-order valence-corrected chi connectivity index (χ2v) is 8.25. The summed E-state index contributed by atoms with van der Waals surface area (Å²) in [6.45, 7) is 3.37. The van der Waals surface area contributed by atoms with Crippen LogP contribution in [0.25, 0.3) is 0 Å². The number of non-ortho nitro benzene ring substituents is 1. The fourth-order valence-electron chi connectivity index (χ4n) is 3.63. The molecule has 1 aromatic carbocycles. The molecule has 23 heavy (non-hydrogen) atoms. The fourth-order valence-corrected chi connectivity index (χ4v) is 5.23. The maximum atomic E-state index is 12.7. The van der Waals surface area contributed by atoms with Crippen LogP contribution in [0.3, 0.4) is 0 Å². The number of rotatable bonds is 4. The molecule has 2 fully saturated rings. The molecule has 2 heterocycles. The highest BCUT2D eigenvalue weighted by atomic mass is 32.2. The Balaban J connectivity index is 1.89. The van der Waals surface area contributed by atoms with Gasteiger partial charge in [0.15, 0.2) is 0 Å². The molecule has 2 bridgehead atoms. The van der Waals surface area contributed by atoms with Crippen LogP contribution in [-0.4, -0.2) is 31.5 Å². The van der Waals surface area contributed by atoms with Gasteiger partial charge in [0.1, 0.15) is 0 Å². The molecule has 8 heteroatoms. The SMILES string of the molecule is Cc1cc([N+](=O)[O-])cc(S(=O)(=O)NC2CC3CCC(C2)N3)c1C. The van der Waals surface area contributed by atoms with Crippen LogP contribution in [0, 0.1) is 24.0 Å². The van der Waals surface area contributed by atoms with E-state index < -0.39 is 14.9 Å². The van der Waals surface area contributed by atoms with Gasteiger partial charge in [-0.15, -0.1) is 0 Å². The summed E-state index contributed by atoms with van der Waals surface area (Å²) >= 11 is 0. The van der Waals surface area contributed by atoms with Gasteiger partial charge in [-0.2, -0.15) is 0 Å². The van der Waals surface area contributed by atoms with Crippen LogP contribution in [0.1, 0.15) is 36.8 Å². The van der Waals surface area contributed by atoms with Crippen LogP contribution in [-0.2, 0) is 10.0 Å². The zero-order valence-corrected chi connectivity index (χ0v) is 14.0. The van der Waals surface area contributed by atoms with E-state index in [2.05, 4.69) is 10.0 Å². The lowest BCUT2D eigenvalue weighted by atomic mass is 10.0. The second-order valence-electron chi connectivity index (χ2n) is 6.57. The minimum atomic E-state index is -3.77. The number of aryl methyl sites for hydroxylation is 1. The van der Waals surface area contributed by atoms with E-state index in [-0.39, 0.29) is 16.6 Å². The van der Waals surface area contributed by atoms with Gasteiger partial charge in [0, 0.05) is 30.3 Å². The third-order valence-corrected chi connectivity index (χ3v) is 6.55. The van der Waals surface area contributed by atoms with Gasteiger partial charge in [-0.3, -0.25) is 10.1 Å². The normalized spacial score (nSPS) is 27.1. The lowest BCUT2D eigenvalue weighted by molar-refractivity contribution is -0.385. The minimum absolute atomic E-state index is 0.00933. The monoisotopic (exact) mass is 339 g/mol. The number of nitro groups is 1. The summed E-state index contributed by atoms with van der Waals surface area (Å²) in [7, 11) is -3.77. The van der Waals surface area contributed by atoms with E-state index in [0.717, 1.165) is 31.7 Å². The third-order valence-electron chi connectivity index (χ3n) is 4.90. The Kier molecular flexibility index (Phi) is 4.16. The molecule has 0 amide bonds. The first-order valence-corrected chi connectivity index (χ1v) is 9.28. The molecule has 0 spiro atoms. The molecular weight excluding hydrogens is 318 g/mol. The number of fused-ring (bicyclic) bond motifs is 2. The molecule has 0 aliphatic carbocycles. The van der Waals surface area contributed by atoms with Crippen molar-refractivity contribution in [3.8, 4) is 0 Å². The standard InChI is InChI=1S/C15H21N3O4S/c1-9-5-14(18(19)20)8-15(10(9)2)23(21,22)17-13-6-11-3-4-12(7-13)16-11/h5,8,11-13,16-17H,3-4,6-7H2,1-2H3. The third kappa shape index (κ3) is 3.24. The fraction of sp³-hybridized carbons (Fsp3) is 0.600. The molecule has 2 saturated heterocycles. The largest absolute Gasteiger partial charge is 0.311 e. The average Bonchev–Trinajstić information content (AvgIpc) is 2.79. The van der Waals surface area contributed by atoms with Gasteiger partial charge < -0.3 is 5.32 Å². The first kappa shape index (κ1) is 16.4. The van der Waals surface area contributed by atoms with Crippen molar-refractivity contribution < 1.29 is 13.3 Å². The molecule has 0 aromatic heterocycles. The molecule has 0 radical (unpaired) electrons. The van der Waals surface area contributed by atoms with Gasteiger partial charge in [-0.1, -0.05) is 0 Å². The Morgan fingerprint density at radius 1 is 1.22 bits per heavy atom. The van der Waals surface area contributed by atoms with E-state index in [1.54, 1.807) is 13.8 Å². The molecule has 0 saturated carbocycles. The number of sulfonamides is 1. The van der Waals surface area contributed by atoms with Crippen molar-refractivity contribution in [2.75, 3.05) is 0 Å². The molecule has 7 nitrogen and oxygen atoms in total. The Morgan fingerprint density at radius 2 is 1.83 bits per heavy atom. The van der Waals surface area contributed by atoms with Crippen LogP contribution in [0.15, 0.2) is 17.0 Å². The predicted octanol–water partition coefficient (Wildman–Crippen LogP) is 1.77. The Morgan fingerprint density at radius 3 is 2.39 bits per heavy atom. The van der Waals surface area contributed by atoms with Crippen LogP contribution in [0.2, 0.25) is 0 Å².